The van der Waals surface area contributed by atoms with E-state index in [4.69, 9.17) is 15.2 Å². The number of nitrogens with two attached hydrogens (primary N) is 1. The number of hydrogen-bond acceptors (Lipinski definition) is 5. The van der Waals surface area contributed by atoms with Crippen molar-refractivity contribution in [2.45, 2.75) is 64.3 Å². The van der Waals surface area contributed by atoms with Crippen LogP contribution in [0.2, 0.25) is 0 Å². The Morgan fingerprint density at radius 1 is 1.13 bits per heavy atom. The molecule has 1 saturated heterocycles. The van der Waals surface area contributed by atoms with Crippen molar-refractivity contribution >= 4 is 11.9 Å². The fourth-order valence-electron chi connectivity index (χ4n) is 5.17. The van der Waals surface area contributed by atoms with E-state index in [-0.39, 0.29) is 11.9 Å². The van der Waals surface area contributed by atoms with Gasteiger partial charge in [0.25, 0.3) is 0 Å². The number of esters is 1. The summed E-state index contributed by atoms with van der Waals surface area (Å²) in [6.45, 7) is 3.42. The van der Waals surface area contributed by atoms with Gasteiger partial charge in [0, 0.05) is 13.1 Å². The van der Waals surface area contributed by atoms with Gasteiger partial charge in [0.05, 0.1) is 25.2 Å². The first-order valence-corrected chi connectivity index (χ1v) is 11.3. The summed E-state index contributed by atoms with van der Waals surface area (Å²) < 4.78 is 10.7. The molecule has 0 bridgehead atoms. The monoisotopic (exact) mass is 416 g/mol. The smallest absolute Gasteiger partial charge is 0.312 e. The van der Waals surface area contributed by atoms with Crippen LogP contribution in [0.3, 0.4) is 0 Å². The molecule has 1 aromatic rings. The highest BCUT2D eigenvalue weighted by atomic mass is 16.5. The van der Waals surface area contributed by atoms with E-state index >= 15 is 0 Å². The molecule has 0 aromatic heterocycles. The first-order chi connectivity index (χ1) is 14.5. The Labute approximate surface area is 180 Å². The van der Waals surface area contributed by atoms with E-state index in [9.17, 15) is 9.59 Å². The van der Waals surface area contributed by atoms with Gasteiger partial charge in [-0.1, -0.05) is 31.4 Å². The van der Waals surface area contributed by atoms with E-state index < -0.39 is 11.5 Å². The Morgan fingerprint density at radius 2 is 1.77 bits per heavy atom. The minimum Gasteiger partial charge on any atom is -0.497 e. The van der Waals surface area contributed by atoms with Crippen molar-refractivity contribution in [2.24, 2.45) is 17.1 Å². The molecule has 3 rings (SSSR count). The fourth-order valence-corrected chi connectivity index (χ4v) is 5.17. The zero-order valence-electron chi connectivity index (χ0n) is 18.4. The SMILES string of the molecule is CCOC(=O)C1(C2CCCCC2)CCN(C(=O)C(N)Cc2ccc(OC)cc2)CC1. The molecule has 1 aliphatic heterocycles. The number of ether oxygens (including phenoxy) is 2. The first kappa shape index (κ1) is 22.6. The molecule has 30 heavy (non-hydrogen) atoms. The lowest BCUT2D eigenvalue weighted by atomic mass is 9.63. The maximum Gasteiger partial charge on any atom is 0.312 e. The van der Waals surface area contributed by atoms with Crippen LogP contribution in [0.1, 0.15) is 57.4 Å². The minimum atomic E-state index is -0.580. The van der Waals surface area contributed by atoms with E-state index in [1.165, 1.54) is 19.3 Å². The average molecular weight is 417 g/mol. The number of methoxy groups -OCH3 is 1. The van der Waals surface area contributed by atoms with E-state index in [0.29, 0.717) is 44.9 Å². The van der Waals surface area contributed by atoms with Gasteiger partial charge in [-0.15, -0.1) is 0 Å². The number of benzene rings is 1. The maximum absolute atomic E-state index is 13.0. The summed E-state index contributed by atoms with van der Waals surface area (Å²) in [5, 5.41) is 0. The van der Waals surface area contributed by atoms with Crippen LogP contribution in [0.15, 0.2) is 24.3 Å². The molecule has 6 nitrogen and oxygen atoms in total. The van der Waals surface area contributed by atoms with Gasteiger partial charge in [-0.2, -0.15) is 0 Å². The number of amides is 1. The van der Waals surface area contributed by atoms with Crippen LogP contribution in [0.5, 0.6) is 5.75 Å². The molecule has 0 spiro atoms. The molecule has 1 heterocycles. The molecule has 166 valence electrons. The van der Waals surface area contributed by atoms with Crippen molar-refractivity contribution in [3.05, 3.63) is 29.8 Å². The van der Waals surface area contributed by atoms with Crippen molar-refractivity contribution in [1.29, 1.82) is 0 Å². The average Bonchev–Trinajstić information content (AvgIpc) is 2.80. The lowest BCUT2D eigenvalue weighted by Crippen LogP contribution is -2.54. The van der Waals surface area contributed by atoms with Crippen molar-refractivity contribution in [2.75, 3.05) is 26.8 Å². The van der Waals surface area contributed by atoms with Crippen LogP contribution in [-0.2, 0) is 20.7 Å². The number of likely N-dealkylation sites (tertiary alicyclic amines) is 1. The molecular weight excluding hydrogens is 380 g/mol. The first-order valence-electron chi connectivity index (χ1n) is 11.3. The van der Waals surface area contributed by atoms with Crippen LogP contribution < -0.4 is 10.5 Å². The Hall–Kier alpha value is -2.08. The highest BCUT2D eigenvalue weighted by Crippen LogP contribution is 2.46. The van der Waals surface area contributed by atoms with Gasteiger partial charge in [0.15, 0.2) is 0 Å². The van der Waals surface area contributed by atoms with Crippen molar-refractivity contribution in [3.63, 3.8) is 0 Å². The highest BCUT2D eigenvalue weighted by Gasteiger charge is 2.49. The Balaban J connectivity index is 1.62. The standard InChI is InChI=1S/C24H36N2O4/c1-3-30-23(28)24(19-7-5-4-6-8-19)13-15-26(16-14-24)22(27)21(25)17-18-9-11-20(29-2)12-10-18/h9-12,19,21H,3-8,13-17,25H2,1-2H3. The number of rotatable bonds is 7. The number of carbonyl (C=O) groups excluding carboxylic acids is 2. The van der Waals surface area contributed by atoms with Gasteiger partial charge >= 0.3 is 5.97 Å². The Bertz CT molecular complexity index is 704. The molecule has 2 N–H and O–H groups in total. The number of nitrogens with zero attached hydrogens (tertiary/aromatic N) is 1. The number of carbonyl (C=O) groups is 2. The summed E-state index contributed by atoms with van der Waals surface area (Å²) in [7, 11) is 1.63. The highest BCUT2D eigenvalue weighted by molar-refractivity contribution is 5.83. The second kappa shape index (κ2) is 10.3. The Morgan fingerprint density at radius 3 is 2.33 bits per heavy atom. The number of hydrogen-bond donors (Lipinski definition) is 1. The summed E-state index contributed by atoms with van der Waals surface area (Å²) in [6.07, 6.45) is 7.64. The van der Waals surface area contributed by atoms with Crippen molar-refractivity contribution < 1.29 is 19.1 Å². The Kier molecular flexibility index (Phi) is 7.75. The largest absolute Gasteiger partial charge is 0.497 e. The van der Waals surface area contributed by atoms with Gasteiger partial charge in [0.1, 0.15) is 5.75 Å². The predicted octanol–water partition coefficient (Wildman–Crippen LogP) is 3.32. The summed E-state index contributed by atoms with van der Waals surface area (Å²) in [5.41, 5.74) is 6.83. The predicted molar refractivity (Wildman–Crippen MR) is 116 cm³/mol. The van der Waals surface area contributed by atoms with E-state index in [1.54, 1.807) is 7.11 Å². The molecule has 2 fully saturated rings. The van der Waals surface area contributed by atoms with E-state index in [1.807, 2.05) is 36.1 Å². The van der Waals surface area contributed by atoms with Crippen LogP contribution in [0, 0.1) is 11.3 Å². The number of piperidine rings is 1. The molecule has 1 amide bonds. The van der Waals surface area contributed by atoms with Gasteiger partial charge in [0.2, 0.25) is 5.91 Å². The third-order valence-electron chi connectivity index (χ3n) is 6.97. The lowest BCUT2D eigenvalue weighted by molar-refractivity contribution is -0.166. The quantitative estimate of drug-likeness (QED) is 0.690. The van der Waals surface area contributed by atoms with Crippen LogP contribution >= 0.6 is 0 Å². The minimum absolute atomic E-state index is 0.0353. The van der Waals surface area contributed by atoms with E-state index in [0.717, 1.165) is 24.2 Å². The van der Waals surface area contributed by atoms with Crippen molar-refractivity contribution in [1.82, 2.24) is 4.90 Å². The molecule has 6 heteroatoms. The van der Waals surface area contributed by atoms with Gasteiger partial charge in [-0.25, -0.2) is 0 Å². The molecule has 2 aliphatic rings. The van der Waals surface area contributed by atoms with Gasteiger partial charge < -0.3 is 20.1 Å². The fraction of sp³-hybridized carbons (Fsp3) is 0.667. The third-order valence-corrected chi connectivity index (χ3v) is 6.97. The lowest BCUT2D eigenvalue weighted by Gasteiger charge is -2.46. The molecule has 1 aromatic carbocycles. The molecule has 1 unspecified atom stereocenters. The zero-order chi connectivity index (χ0) is 21.6. The van der Waals surface area contributed by atoms with Crippen molar-refractivity contribution in [3.8, 4) is 5.75 Å². The maximum atomic E-state index is 13.0. The molecular formula is C24H36N2O4. The summed E-state index contributed by atoms with van der Waals surface area (Å²) in [4.78, 5) is 27.8. The summed E-state index contributed by atoms with van der Waals surface area (Å²) in [5.74, 6) is 1.06. The van der Waals surface area contributed by atoms with Gasteiger partial charge in [-0.05, 0) is 62.6 Å². The normalized spacial score (nSPS) is 20.4. The van der Waals surface area contributed by atoms with Gasteiger partial charge in [-0.3, -0.25) is 9.59 Å². The summed E-state index contributed by atoms with van der Waals surface area (Å²) in [6, 6.07) is 7.06. The molecule has 1 atom stereocenters. The van der Waals surface area contributed by atoms with Crippen LogP contribution in [0.4, 0.5) is 0 Å². The molecule has 1 aliphatic carbocycles. The topological polar surface area (TPSA) is 81.9 Å². The third kappa shape index (κ3) is 4.97. The van der Waals surface area contributed by atoms with E-state index in [2.05, 4.69) is 0 Å². The van der Waals surface area contributed by atoms with Crippen LogP contribution in [-0.4, -0.2) is 49.6 Å². The second-order valence-corrected chi connectivity index (χ2v) is 8.70. The van der Waals surface area contributed by atoms with Crippen LogP contribution in [0.25, 0.3) is 0 Å². The second-order valence-electron chi connectivity index (χ2n) is 8.70. The molecule has 0 radical (unpaired) electrons. The molecule has 1 saturated carbocycles. The zero-order valence-corrected chi connectivity index (χ0v) is 18.4. The summed E-state index contributed by atoms with van der Waals surface area (Å²) >= 11 is 0.